The van der Waals surface area contributed by atoms with Crippen molar-refractivity contribution in [3.63, 3.8) is 0 Å². The molecular weight excluding hydrogens is 392 g/mol. The van der Waals surface area contributed by atoms with Crippen LogP contribution in [0.4, 0.5) is 0 Å². The number of nitrogens with zero attached hydrogens (tertiary/aromatic N) is 6. The molecule has 4 rings (SSSR count). The molecule has 8 heteroatoms. The quantitative estimate of drug-likeness (QED) is 0.675. The standard InChI is InChI=1S/C20H32N6S.ClH/c1-16(2)14-19(20-21-22-23-26(20)15-18-8-5-13-27-18)25-11-9-24(10-12-25)17-6-3-4-7-17;/h5,8,13,16-17,19H,3-4,6-7,9-12,14-15H2,1-2H3;1H. The molecule has 1 aliphatic heterocycles. The molecule has 156 valence electrons. The lowest BCUT2D eigenvalue weighted by Gasteiger charge is -2.41. The van der Waals surface area contributed by atoms with E-state index >= 15 is 0 Å². The summed E-state index contributed by atoms with van der Waals surface area (Å²) in [6.45, 7) is 10.00. The van der Waals surface area contributed by atoms with Gasteiger partial charge in [0.2, 0.25) is 0 Å². The van der Waals surface area contributed by atoms with E-state index in [0.29, 0.717) is 12.0 Å². The van der Waals surface area contributed by atoms with Crippen LogP contribution in [0, 0.1) is 5.92 Å². The van der Waals surface area contributed by atoms with Crippen LogP contribution in [-0.4, -0.2) is 62.2 Å². The van der Waals surface area contributed by atoms with E-state index in [1.165, 1.54) is 43.6 Å². The zero-order valence-electron chi connectivity index (χ0n) is 17.0. The van der Waals surface area contributed by atoms with E-state index in [1.807, 2.05) is 4.68 Å². The summed E-state index contributed by atoms with van der Waals surface area (Å²) in [4.78, 5) is 6.66. The Bertz CT molecular complexity index is 689. The van der Waals surface area contributed by atoms with Crippen molar-refractivity contribution in [1.82, 2.24) is 30.0 Å². The Labute approximate surface area is 178 Å². The van der Waals surface area contributed by atoms with E-state index in [1.54, 1.807) is 11.3 Å². The van der Waals surface area contributed by atoms with Crippen LogP contribution in [0.25, 0.3) is 0 Å². The normalized spacial score (nSPS) is 20.5. The van der Waals surface area contributed by atoms with Crippen LogP contribution in [0.3, 0.4) is 0 Å². The van der Waals surface area contributed by atoms with Gasteiger partial charge in [-0.05, 0) is 47.1 Å². The van der Waals surface area contributed by atoms with Gasteiger partial charge in [-0.1, -0.05) is 32.8 Å². The Kier molecular flexibility index (Phi) is 7.85. The molecule has 6 nitrogen and oxygen atoms in total. The van der Waals surface area contributed by atoms with Crippen LogP contribution in [0.1, 0.15) is 62.7 Å². The van der Waals surface area contributed by atoms with Gasteiger partial charge in [-0.3, -0.25) is 9.80 Å². The fourth-order valence-electron chi connectivity index (χ4n) is 4.66. The van der Waals surface area contributed by atoms with Gasteiger partial charge in [-0.25, -0.2) is 4.68 Å². The molecule has 1 saturated carbocycles. The predicted molar refractivity (Wildman–Crippen MR) is 116 cm³/mol. The van der Waals surface area contributed by atoms with Crippen molar-refractivity contribution in [2.45, 2.75) is 64.6 Å². The molecule has 0 bridgehead atoms. The molecule has 0 spiro atoms. The number of piperazine rings is 1. The molecule has 1 unspecified atom stereocenters. The van der Waals surface area contributed by atoms with E-state index in [2.05, 4.69) is 56.7 Å². The molecule has 0 radical (unpaired) electrons. The van der Waals surface area contributed by atoms with Crippen molar-refractivity contribution in [1.29, 1.82) is 0 Å². The number of aromatic nitrogens is 4. The maximum atomic E-state index is 4.47. The van der Waals surface area contributed by atoms with E-state index < -0.39 is 0 Å². The first-order chi connectivity index (χ1) is 13.2. The highest BCUT2D eigenvalue weighted by atomic mass is 35.5. The van der Waals surface area contributed by atoms with E-state index in [0.717, 1.165) is 37.9 Å². The van der Waals surface area contributed by atoms with Crippen LogP contribution in [0.15, 0.2) is 17.5 Å². The van der Waals surface area contributed by atoms with Crippen LogP contribution >= 0.6 is 23.7 Å². The molecule has 0 aromatic carbocycles. The van der Waals surface area contributed by atoms with Crippen LogP contribution in [0.5, 0.6) is 0 Å². The molecule has 0 amide bonds. The Morgan fingerprint density at radius 2 is 1.89 bits per heavy atom. The molecule has 1 saturated heterocycles. The van der Waals surface area contributed by atoms with Gasteiger partial charge in [-0.2, -0.15) is 0 Å². The van der Waals surface area contributed by atoms with Crippen LogP contribution in [-0.2, 0) is 6.54 Å². The minimum absolute atomic E-state index is 0. The zero-order valence-corrected chi connectivity index (χ0v) is 18.7. The molecule has 2 aromatic heterocycles. The van der Waals surface area contributed by atoms with Crippen LogP contribution < -0.4 is 0 Å². The van der Waals surface area contributed by atoms with Crippen molar-refractivity contribution in [2.75, 3.05) is 26.2 Å². The summed E-state index contributed by atoms with van der Waals surface area (Å²) < 4.78 is 2.02. The minimum atomic E-state index is 0. The second-order valence-corrected chi connectivity index (χ2v) is 9.46. The Morgan fingerprint density at radius 3 is 2.54 bits per heavy atom. The van der Waals surface area contributed by atoms with Gasteiger partial charge < -0.3 is 0 Å². The van der Waals surface area contributed by atoms with Crippen molar-refractivity contribution >= 4 is 23.7 Å². The Hall–Kier alpha value is -1.02. The van der Waals surface area contributed by atoms with Gasteiger partial charge in [-0.15, -0.1) is 28.8 Å². The van der Waals surface area contributed by atoms with Crippen molar-refractivity contribution < 1.29 is 0 Å². The summed E-state index contributed by atoms with van der Waals surface area (Å²) in [5, 5.41) is 14.9. The molecule has 2 aromatic rings. The first-order valence-corrected chi connectivity index (χ1v) is 11.3. The summed E-state index contributed by atoms with van der Waals surface area (Å²) >= 11 is 1.77. The Balaban J connectivity index is 0.00000225. The van der Waals surface area contributed by atoms with Gasteiger partial charge in [0.15, 0.2) is 5.82 Å². The fourth-order valence-corrected chi connectivity index (χ4v) is 5.35. The average Bonchev–Trinajstić information content (AvgIpc) is 3.43. The second-order valence-electron chi connectivity index (χ2n) is 8.43. The molecule has 2 fully saturated rings. The first-order valence-electron chi connectivity index (χ1n) is 10.5. The number of halogens is 1. The monoisotopic (exact) mass is 424 g/mol. The van der Waals surface area contributed by atoms with E-state index in [4.69, 9.17) is 0 Å². The van der Waals surface area contributed by atoms with Gasteiger partial charge >= 0.3 is 0 Å². The molecule has 28 heavy (non-hydrogen) atoms. The number of hydrogen-bond donors (Lipinski definition) is 0. The fraction of sp³-hybridized carbons (Fsp3) is 0.750. The maximum absolute atomic E-state index is 4.47. The molecule has 2 aliphatic rings. The van der Waals surface area contributed by atoms with Gasteiger partial charge in [0, 0.05) is 37.1 Å². The third kappa shape index (κ3) is 5.12. The molecule has 1 aliphatic carbocycles. The summed E-state index contributed by atoms with van der Waals surface area (Å²) in [5.41, 5.74) is 0. The van der Waals surface area contributed by atoms with Gasteiger partial charge in [0.25, 0.3) is 0 Å². The lowest BCUT2D eigenvalue weighted by molar-refractivity contribution is 0.0588. The Morgan fingerprint density at radius 1 is 1.14 bits per heavy atom. The molecule has 0 N–H and O–H groups in total. The number of rotatable bonds is 7. The van der Waals surface area contributed by atoms with E-state index in [-0.39, 0.29) is 12.4 Å². The average molecular weight is 425 g/mol. The topological polar surface area (TPSA) is 50.1 Å². The summed E-state index contributed by atoms with van der Waals surface area (Å²) in [7, 11) is 0. The summed E-state index contributed by atoms with van der Waals surface area (Å²) in [6, 6.07) is 5.40. The molecule has 1 atom stereocenters. The third-order valence-corrected chi connectivity index (χ3v) is 6.93. The van der Waals surface area contributed by atoms with Crippen molar-refractivity contribution in [3.8, 4) is 0 Å². The number of hydrogen-bond acceptors (Lipinski definition) is 6. The highest BCUT2D eigenvalue weighted by Crippen LogP contribution is 2.30. The van der Waals surface area contributed by atoms with Crippen molar-refractivity contribution in [3.05, 3.63) is 28.2 Å². The number of tetrazole rings is 1. The van der Waals surface area contributed by atoms with Gasteiger partial charge in [0.1, 0.15) is 0 Å². The van der Waals surface area contributed by atoms with Crippen LogP contribution in [0.2, 0.25) is 0 Å². The highest BCUT2D eigenvalue weighted by molar-refractivity contribution is 7.09. The van der Waals surface area contributed by atoms with Crippen molar-refractivity contribution in [2.24, 2.45) is 5.92 Å². The second kappa shape index (κ2) is 10.1. The van der Waals surface area contributed by atoms with Gasteiger partial charge in [0.05, 0.1) is 12.6 Å². The summed E-state index contributed by atoms with van der Waals surface area (Å²) in [6.07, 6.45) is 6.73. The minimum Gasteiger partial charge on any atom is -0.298 e. The lowest BCUT2D eigenvalue weighted by atomic mass is 10.0. The highest BCUT2D eigenvalue weighted by Gasteiger charge is 2.32. The van der Waals surface area contributed by atoms with E-state index in [9.17, 15) is 0 Å². The molecular formula is C20H33ClN6S. The number of thiophene rings is 1. The molecule has 3 heterocycles. The predicted octanol–water partition coefficient (Wildman–Crippen LogP) is 3.85. The zero-order chi connectivity index (χ0) is 18.6. The SMILES string of the molecule is CC(C)CC(c1nnnn1Cc1cccs1)N1CCN(C2CCCC2)CC1.Cl. The smallest absolute Gasteiger partial charge is 0.168 e. The third-order valence-electron chi connectivity index (χ3n) is 6.07. The maximum Gasteiger partial charge on any atom is 0.168 e. The first kappa shape index (κ1) is 21.7. The largest absolute Gasteiger partial charge is 0.298 e. The summed E-state index contributed by atoms with van der Waals surface area (Å²) in [5.74, 6) is 1.65. The lowest BCUT2D eigenvalue weighted by Crippen LogP contribution is -2.51.